The molecule has 2 nitrogen and oxygen atoms in total. The second-order valence-corrected chi connectivity index (χ2v) is 4.42. The fourth-order valence-electron chi connectivity index (χ4n) is 2.46. The lowest BCUT2D eigenvalue weighted by atomic mass is 9.77. The molecule has 1 fully saturated rings. The maximum absolute atomic E-state index is 10.4. The Labute approximate surface area is 81.9 Å². The van der Waals surface area contributed by atoms with Gasteiger partial charge in [0.05, 0.1) is 5.60 Å². The zero-order valence-electron chi connectivity index (χ0n) is 9.21. The van der Waals surface area contributed by atoms with Gasteiger partial charge >= 0.3 is 0 Å². The molecular formula is C11H23NO. The molecule has 1 rings (SSSR count). The van der Waals surface area contributed by atoms with Gasteiger partial charge < -0.3 is 10.0 Å². The van der Waals surface area contributed by atoms with Gasteiger partial charge in [-0.3, -0.25) is 0 Å². The molecule has 0 saturated carbocycles. The van der Waals surface area contributed by atoms with Crippen molar-refractivity contribution in [2.24, 2.45) is 5.92 Å². The lowest BCUT2D eigenvalue weighted by Gasteiger charge is -2.41. The first-order valence-electron chi connectivity index (χ1n) is 5.53. The predicted octanol–water partition coefficient (Wildman–Crippen LogP) is 1.88. The van der Waals surface area contributed by atoms with E-state index in [0.717, 1.165) is 38.8 Å². The van der Waals surface area contributed by atoms with Crippen LogP contribution < -0.4 is 0 Å². The second-order valence-electron chi connectivity index (χ2n) is 4.42. The van der Waals surface area contributed by atoms with E-state index in [1.165, 1.54) is 0 Å². The van der Waals surface area contributed by atoms with Gasteiger partial charge in [0.25, 0.3) is 0 Å². The van der Waals surface area contributed by atoms with Crippen LogP contribution in [-0.4, -0.2) is 35.7 Å². The van der Waals surface area contributed by atoms with Gasteiger partial charge in [0, 0.05) is 13.1 Å². The Hall–Kier alpha value is -0.0800. The van der Waals surface area contributed by atoms with E-state index in [0.29, 0.717) is 5.92 Å². The molecule has 0 aliphatic carbocycles. The molecule has 0 aromatic carbocycles. The molecule has 1 aliphatic rings. The maximum atomic E-state index is 10.4. The summed E-state index contributed by atoms with van der Waals surface area (Å²) in [6.07, 6.45) is 4.12. The third kappa shape index (κ3) is 2.44. The van der Waals surface area contributed by atoms with Gasteiger partial charge in [-0.25, -0.2) is 0 Å². The molecule has 0 aromatic heterocycles. The number of hydrogen-bond acceptors (Lipinski definition) is 2. The summed E-state index contributed by atoms with van der Waals surface area (Å²) < 4.78 is 0. The fourth-order valence-corrected chi connectivity index (χ4v) is 2.46. The van der Waals surface area contributed by atoms with Crippen LogP contribution in [-0.2, 0) is 0 Å². The van der Waals surface area contributed by atoms with E-state index in [1.807, 2.05) is 0 Å². The van der Waals surface area contributed by atoms with Gasteiger partial charge in [0.1, 0.15) is 0 Å². The summed E-state index contributed by atoms with van der Waals surface area (Å²) in [5.74, 6) is 0.501. The quantitative estimate of drug-likeness (QED) is 0.725. The minimum absolute atomic E-state index is 0.365. The molecule has 1 N–H and O–H groups in total. The minimum atomic E-state index is -0.365. The zero-order valence-corrected chi connectivity index (χ0v) is 9.21. The summed E-state index contributed by atoms with van der Waals surface area (Å²) in [6.45, 7) is 6.47. The molecular weight excluding hydrogens is 162 g/mol. The van der Waals surface area contributed by atoms with Crippen molar-refractivity contribution in [2.75, 3.05) is 20.1 Å². The van der Waals surface area contributed by atoms with Crippen LogP contribution in [0.15, 0.2) is 0 Å². The molecule has 0 unspecified atom stereocenters. The van der Waals surface area contributed by atoms with Crippen molar-refractivity contribution >= 4 is 0 Å². The Morgan fingerprint density at radius 2 is 1.69 bits per heavy atom. The average Bonchev–Trinajstić information content (AvgIpc) is 2.13. The Morgan fingerprint density at radius 1 is 1.23 bits per heavy atom. The van der Waals surface area contributed by atoms with E-state index in [4.69, 9.17) is 0 Å². The summed E-state index contributed by atoms with van der Waals surface area (Å²) in [5, 5.41) is 10.4. The third-order valence-electron chi connectivity index (χ3n) is 3.60. The summed E-state index contributed by atoms with van der Waals surface area (Å²) in [6, 6.07) is 0. The Kier molecular flexibility index (Phi) is 3.74. The van der Waals surface area contributed by atoms with Gasteiger partial charge in [-0.2, -0.15) is 0 Å². The lowest BCUT2D eigenvalue weighted by Crippen LogP contribution is -2.47. The molecule has 0 bridgehead atoms. The molecule has 0 amide bonds. The van der Waals surface area contributed by atoms with Crippen molar-refractivity contribution in [1.29, 1.82) is 0 Å². The van der Waals surface area contributed by atoms with E-state index < -0.39 is 0 Å². The first-order valence-corrected chi connectivity index (χ1v) is 5.53. The lowest BCUT2D eigenvalue weighted by molar-refractivity contribution is -0.0656. The molecule has 2 heteroatoms. The summed E-state index contributed by atoms with van der Waals surface area (Å²) >= 11 is 0. The molecule has 1 heterocycles. The number of piperidine rings is 1. The highest BCUT2D eigenvalue weighted by atomic mass is 16.3. The van der Waals surface area contributed by atoms with Crippen molar-refractivity contribution in [1.82, 2.24) is 4.90 Å². The van der Waals surface area contributed by atoms with Crippen molar-refractivity contribution in [3.8, 4) is 0 Å². The Bertz CT molecular complexity index is 146. The van der Waals surface area contributed by atoms with Crippen molar-refractivity contribution in [3.63, 3.8) is 0 Å². The minimum Gasteiger partial charge on any atom is -0.390 e. The average molecular weight is 185 g/mol. The Morgan fingerprint density at radius 3 is 2.08 bits per heavy atom. The molecule has 0 radical (unpaired) electrons. The number of aliphatic hydroxyl groups is 1. The molecule has 0 spiro atoms. The highest BCUT2D eigenvalue weighted by Gasteiger charge is 2.36. The molecule has 0 atom stereocenters. The standard InChI is InChI=1S/C11H23NO/c1-4-10(5-2)11(13)6-8-12(3)9-7-11/h10,13H,4-9H2,1-3H3. The third-order valence-corrected chi connectivity index (χ3v) is 3.60. The fraction of sp³-hybridized carbons (Fsp3) is 1.00. The van der Waals surface area contributed by atoms with Crippen LogP contribution in [0.3, 0.4) is 0 Å². The van der Waals surface area contributed by atoms with Crippen LogP contribution in [0.5, 0.6) is 0 Å². The largest absolute Gasteiger partial charge is 0.390 e. The highest BCUT2D eigenvalue weighted by molar-refractivity contribution is 4.89. The smallest absolute Gasteiger partial charge is 0.0699 e. The van der Waals surface area contributed by atoms with E-state index >= 15 is 0 Å². The summed E-state index contributed by atoms with van der Waals surface area (Å²) in [5.41, 5.74) is -0.365. The highest BCUT2D eigenvalue weighted by Crippen LogP contribution is 2.33. The van der Waals surface area contributed by atoms with Gasteiger partial charge in [0.15, 0.2) is 0 Å². The van der Waals surface area contributed by atoms with Crippen LogP contribution in [0.4, 0.5) is 0 Å². The van der Waals surface area contributed by atoms with Gasteiger partial charge in [-0.05, 0) is 25.8 Å². The number of nitrogens with zero attached hydrogens (tertiary/aromatic N) is 1. The van der Waals surface area contributed by atoms with Gasteiger partial charge in [-0.1, -0.05) is 26.7 Å². The topological polar surface area (TPSA) is 23.5 Å². The SMILES string of the molecule is CCC(CC)C1(O)CCN(C)CC1. The molecule has 0 aromatic rings. The molecule has 78 valence electrons. The monoisotopic (exact) mass is 185 g/mol. The normalized spacial score (nSPS) is 23.8. The zero-order chi connectivity index (χ0) is 9.90. The van der Waals surface area contributed by atoms with Crippen molar-refractivity contribution in [2.45, 2.75) is 45.1 Å². The van der Waals surface area contributed by atoms with Crippen molar-refractivity contribution in [3.05, 3.63) is 0 Å². The van der Waals surface area contributed by atoms with Crippen LogP contribution in [0.1, 0.15) is 39.5 Å². The maximum Gasteiger partial charge on any atom is 0.0699 e. The van der Waals surface area contributed by atoms with Gasteiger partial charge in [-0.15, -0.1) is 0 Å². The second kappa shape index (κ2) is 4.43. The first kappa shape index (κ1) is 11.0. The van der Waals surface area contributed by atoms with E-state index in [-0.39, 0.29) is 5.60 Å². The van der Waals surface area contributed by atoms with E-state index in [2.05, 4.69) is 25.8 Å². The van der Waals surface area contributed by atoms with Crippen molar-refractivity contribution < 1.29 is 5.11 Å². The molecule has 1 saturated heterocycles. The molecule has 1 aliphatic heterocycles. The predicted molar refractivity (Wildman–Crippen MR) is 55.8 cm³/mol. The van der Waals surface area contributed by atoms with Crippen LogP contribution in [0.25, 0.3) is 0 Å². The summed E-state index contributed by atoms with van der Waals surface area (Å²) in [7, 11) is 2.13. The molecule has 13 heavy (non-hydrogen) atoms. The van der Waals surface area contributed by atoms with Crippen LogP contribution in [0, 0.1) is 5.92 Å². The van der Waals surface area contributed by atoms with E-state index in [1.54, 1.807) is 0 Å². The number of hydrogen-bond donors (Lipinski definition) is 1. The number of likely N-dealkylation sites (tertiary alicyclic amines) is 1. The Balaban J connectivity index is 2.54. The summed E-state index contributed by atoms with van der Waals surface area (Å²) in [4.78, 5) is 2.30. The van der Waals surface area contributed by atoms with Crippen LogP contribution in [0.2, 0.25) is 0 Å². The van der Waals surface area contributed by atoms with E-state index in [9.17, 15) is 5.11 Å². The van der Waals surface area contributed by atoms with Crippen LogP contribution >= 0.6 is 0 Å². The number of rotatable bonds is 3. The van der Waals surface area contributed by atoms with Gasteiger partial charge in [0.2, 0.25) is 0 Å². The first-order chi connectivity index (χ1) is 6.12.